The van der Waals surface area contributed by atoms with Crippen LogP contribution >= 0.6 is 11.3 Å². The Labute approximate surface area is 157 Å². The minimum absolute atomic E-state index is 0.0141. The Hall–Kier alpha value is -1.99. The largest absolute Gasteiger partial charge is 0.472 e. The SMILES string of the molecule is Cc1csc(C2(NC(=O)c3ccnc(OC4CCOC4)c3)CCCC2)n1. The zero-order valence-corrected chi connectivity index (χ0v) is 15.7. The Morgan fingerprint density at radius 3 is 2.96 bits per heavy atom. The second-order valence-corrected chi connectivity index (χ2v) is 7.88. The number of amides is 1. The first-order valence-electron chi connectivity index (χ1n) is 9.10. The average molecular weight is 373 g/mol. The third kappa shape index (κ3) is 3.59. The fraction of sp³-hybridized carbons (Fsp3) is 0.526. The van der Waals surface area contributed by atoms with Crippen molar-refractivity contribution in [3.63, 3.8) is 0 Å². The number of carbonyl (C=O) groups is 1. The molecule has 2 fully saturated rings. The Balaban J connectivity index is 1.51. The number of pyridine rings is 1. The summed E-state index contributed by atoms with van der Waals surface area (Å²) in [6.45, 7) is 3.27. The molecule has 26 heavy (non-hydrogen) atoms. The van der Waals surface area contributed by atoms with Gasteiger partial charge in [-0.05, 0) is 25.8 Å². The van der Waals surface area contributed by atoms with E-state index in [9.17, 15) is 4.79 Å². The van der Waals surface area contributed by atoms with E-state index in [-0.39, 0.29) is 17.6 Å². The molecule has 0 bridgehead atoms. The lowest BCUT2D eigenvalue weighted by Gasteiger charge is -2.28. The van der Waals surface area contributed by atoms with Gasteiger partial charge in [0.05, 0.1) is 18.8 Å². The third-order valence-electron chi connectivity index (χ3n) is 5.01. The Kier molecular flexibility index (Phi) is 4.91. The van der Waals surface area contributed by atoms with Crippen molar-refractivity contribution < 1.29 is 14.3 Å². The minimum atomic E-state index is -0.348. The zero-order chi connectivity index (χ0) is 18.0. The molecular formula is C19H23N3O3S. The number of nitrogens with one attached hydrogen (secondary N) is 1. The van der Waals surface area contributed by atoms with Crippen LogP contribution in [-0.4, -0.2) is 35.2 Å². The summed E-state index contributed by atoms with van der Waals surface area (Å²) < 4.78 is 11.1. The van der Waals surface area contributed by atoms with Gasteiger partial charge in [-0.1, -0.05) is 12.8 Å². The maximum absolute atomic E-state index is 12.9. The van der Waals surface area contributed by atoms with Gasteiger partial charge in [0.1, 0.15) is 11.1 Å². The summed E-state index contributed by atoms with van der Waals surface area (Å²) in [6.07, 6.45) is 6.55. The molecule has 1 amide bonds. The number of rotatable bonds is 5. The number of hydrogen-bond acceptors (Lipinski definition) is 6. The van der Waals surface area contributed by atoms with Crippen LogP contribution < -0.4 is 10.1 Å². The van der Waals surface area contributed by atoms with Gasteiger partial charge in [0.15, 0.2) is 0 Å². The third-order valence-corrected chi connectivity index (χ3v) is 6.17. The highest BCUT2D eigenvalue weighted by molar-refractivity contribution is 7.09. The van der Waals surface area contributed by atoms with E-state index in [0.29, 0.717) is 24.7 Å². The van der Waals surface area contributed by atoms with Crippen LogP contribution in [0.4, 0.5) is 0 Å². The minimum Gasteiger partial charge on any atom is -0.472 e. The first-order chi connectivity index (χ1) is 12.6. The lowest BCUT2D eigenvalue weighted by molar-refractivity contribution is 0.0896. The van der Waals surface area contributed by atoms with E-state index < -0.39 is 0 Å². The summed E-state index contributed by atoms with van der Waals surface area (Å²) >= 11 is 1.63. The average Bonchev–Trinajstić information content (AvgIpc) is 3.38. The van der Waals surface area contributed by atoms with Gasteiger partial charge in [-0.2, -0.15) is 0 Å². The molecular weight excluding hydrogens is 350 g/mol. The van der Waals surface area contributed by atoms with Crippen molar-refractivity contribution in [3.05, 3.63) is 40.0 Å². The number of nitrogens with zero attached hydrogens (tertiary/aromatic N) is 2. The van der Waals surface area contributed by atoms with Crippen molar-refractivity contribution in [2.45, 2.75) is 50.7 Å². The smallest absolute Gasteiger partial charge is 0.252 e. The molecule has 3 heterocycles. The Bertz CT molecular complexity index is 780. The molecule has 0 spiro atoms. The molecule has 0 aromatic carbocycles. The summed E-state index contributed by atoms with van der Waals surface area (Å²) in [5.74, 6) is 0.369. The van der Waals surface area contributed by atoms with Gasteiger partial charge in [-0.25, -0.2) is 9.97 Å². The molecule has 1 aliphatic carbocycles. The van der Waals surface area contributed by atoms with Gasteiger partial charge in [0.25, 0.3) is 5.91 Å². The summed E-state index contributed by atoms with van der Waals surface area (Å²) in [5.41, 5.74) is 1.22. The maximum atomic E-state index is 12.9. The molecule has 1 atom stereocenters. The highest BCUT2D eigenvalue weighted by Gasteiger charge is 2.39. The fourth-order valence-corrected chi connectivity index (χ4v) is 4.64. The molecule has 1 saturated carbocycles. The molecule has 2 aromatic heterocycles. The molecule has 138 valence electrons. The number of thiazole rings is 1. The molecule has 0 radical (unpaired) electrons. The Morgan fingerprint density at radius 2 is 2.27 bits per heavy atom. The summed E-state index contributed by atoms with van der Waals surface area (Å²) in [6, 6.07) is 3.44. The molecule has 1 saturated heterocycles. The van der Waals surface area contributed by atoms with Gasteiger partial charge in [-0.3, -0.25) is 4.79 Å². The van der Waals surface area contributed by atoms with Crippen LogP contribution in [-0.2, 0) is 10.3 Å². The second kappa shape index (κ2) is 7.32. The van der Waals surface area contributed by atoms with Gasteiger partial charge in [0, 0.05) is 35.3 Å². The number of aromatic nitrogens is 2. The van der Waals surface area contributed by atoms with Crippen LogP contribution in [0.3, 0.4) is 0 Å². The number of hydrogen-bond donors (Lipinski definition) is 1. The van der Waals surface area contributed by atoms with Crippen molar-refractivity contribution in [2.75, 3.05) is 13.2 Å². The van der Waals surface area contributed by atoms with Crippen molar-refractivity contribution in [3.8, 4) is 5.88 Å². The lowest BCUT2D eigenvalue weighted by Crippen LogP contribution is -2.43. The topological polar surface area (TPSA) is 73.3 Å². The number of aryl methyl sites for hydroxylation is 1. The highest BCUT2D eigenvalue weighted by atomic mass is 32.1. The van der Waals surface area contributed by atoms with Crippen molar-refractivity contribution in [1.29, 1.82) is 0 Å². The monoisotopic (exact) mass is 373 g/mol. The normalized spacial score (nSPS) is 21.7. The van der Waals surface area contributed by atoms with Crippen LogP contribution in [0, 0.1) is 6.92 Å². The summed E-state index contributed by atoms with van der Waals surface area (Å²) in [4.78, 5) is 21.8. The van der Waals surface area contributed by atoms with Gasteiger partial charge < -0.3 is 14.8 Å². The maximum Gasteiger partial charge on any atom is 0.252 e. The van der Waals surface area contributed by atoms with Crippen LogP contribution in [0.15, 0.2) is 23.7 Å². The van der Waals surface area contributed by atoms with Gasteiger partial charge in [0.2, 0.25) is 5.88 Å². The van der Waals surface area contributed by atoms with E-state index in [1.807, 2.05) is 12.3 Å². The first kappa shape index (κ1) is 17.4. The van der Waals surface area contributed by atoms with E-state index in [1.54, 1.807) is 29.7 Å². The van der Waals surface area contributed by atoms with Crippen molar-refractivity contribution >= 4 is 17.2 Å². The summed E-state index contributed by atoms with van der Waals surface area (Å²) in [5, 5.41) is 6.31. The van der Waals surface area contributed by atoms with E-state index in [2.05, 4.69) is 15.3 Å². The van der Waals surface area contributed by atoms with Crippen molar-refractivity contribution in [2.24, 2.45) is 0 Å². The predicted octanol–water partition coefficient (Wildman–Crippen LogP) is 3.21. The molecule has 2 aromatic rings. The molecule has 1 N–H and O–H groups in total. The quantitative estimate of drug-likeness (QED) is 0.871. The van der Waals surface area contributed by atoms with E-state index >= 15 is 0 Å². The molecule has 1 aliphatic heterocycles. The first-order valence-corrected chi connectivity index (χ1v) is 9.98. The van der Waals surface area contributed by atoms with Crippen LogP contribution in [0.2, 0.25) is 0 Å². The van der Waals surface area contributed by atoms with Gasteiger partial charge in [-0.15, -0.1) is 11.3 Å². The molecule has 7 heteroatoms. The Morgan fingerprint density at radius 1 is 1.42 bits per heavy atom. The fourth-order valence-electron chi connectivity index (χ4n) is 3.63. The van der Waals surface area contributed by atoms with Crippen molar-refractivity contribution in [1.82, 2.24) is 15.3 Å². The highest BCUT2D eigenvalue weighted by Crippen LogP contribution is 2.40. The summed E-state index contributed by atoms with van der Waals surface area (Å²) in [7, 11) is 0. The number of carbonyl (C=O) groups excluding carboxylic acids is 1. The van der Waals surface area contributed by atoms with Crippen LogP contribution in [0.5, 0.6) is 5.88 Å². The molecule has 4 rings (SSSR count). The van der Waals surface area contributed by atoms with E-state index in [0.717, 1.165) is 42.8 Å². The van der Waals surface area contributed by atoms with Crippen LogP contribution in [0.1, 0.15) is 53.2 Å². The predicted molar refractivity (Wildman–Crippen MR) is 98.6 cm³/mol. The second-order valence-electron chi connectivity index (χ2n) is 7.02. The standard InChI is InChI=1S/C19H23N3O3S/c1-13-12-26-18(21-13)19(6-2-3-7-19)22-17(23)14-4-8-20-16(10-14)25-15-5-9-24-11-15/h4,8,10,12,15H,2-3,5-7,9,11H2,1H3,(H,22,23). The van der Waals surface area contributed by atoms with E-state index in [4.69, 9.17) is 9.47 Å². The lowest BCUT2D eigenvalue weighted by atomic mass is 9.97. The number of ether oxygens (including phenoxy) is 2. The van der Waals surface area contributed by atoms with Gasteiger partial charge >= 0.3 is 0 Å². The molecule has 6 nitrogen and oxygen atoms in total. The van der Waals surface area contributed by atoms with Crippen LogP contribution in [0.25, 0.3) is 0 Å². The molecule has 2 aliphatic rings. The van der Waals surface area contributed by atoms with E-state index in [1.165, 1.54) is 0 Å². The zero-order valence-electron chi connectivity index (χ0n) is 14.9. The molecule has 1 unspecified atom stereocenters.